The van der Waals surface area contributed by atoms with Crippen molar-refractivity contribution >= 4 is 20.0 Å². The van der Waals surface area contributed by atoms with Crippen LogP contribution in [-0.2, 0) is 24.8 Å². The van der Waals surface area contributed by atoms with Gasteiger partial charge in [-0.05, 0) is 51.3 Å². The molecule has 0 aromatic heterocycles. The van der Waals surface area contributed by atoms with Crippen LogP contribution in [0, 0.1) is 0 Å². The van der Waals surface area contributed by atoms with E-state index in [1.165, 1.54) is 19.2 Å². The third kappa shape index (κ3) is 6.58. The molecule has 1 unspecified atom stereocenters. The van der Waals surface area contributed by atoms with Crippen LogP contribution in [0.4, 0.5) is 0 Å². The van der Waals surface area contributed by atoms with E-state index in [1.807, 2.05) is 0 Å². The summed E-state index contributed by atoms with van der Waals surface area (Å²) in [5, 5.41) is 13.5. The van der Waals surface area contributed by atoms with Gasteiger partial charge in [-0.15, -0.1) is 0 Å². The van der Waals surface area contributed by atoms with Crippen molar-refractivity contribution in [3.05, 3.63) is 24.3 Å². The summed E-state index contributed by atoms with van der Waals surface area (Å²) < 4.78 is 65.6. The molecule has 2 atom stereocenters. The molecule has 1 aromatic carbocycles. The van der Waals surface area contributed by atoms with Gasteiger partial charge in [0, 0.05) is 31.7 Å². The van der Waals surface area contributed by atoms with Crippen molar-refractivity contribution < 1.29 is 31.4 Å². The molecule has 2 saturated heterocycles. The Bertz CT molecular complexity index is 1080. The van der Waals surface area contributed by atoms with Gasteiger partial charge in [0.2, 0.25) is 20.0 Å². The zero-order valence-electron chi connectivity index (χ0n) is 20.9. The largest absolute Gasteiger partial charge is 0.491 e. The predicted molar refractivity (Wildman–Crippen MR) is 136 cm³/mol. The fourth-order valence-corrected chi connectivity index (χ4v) is 8.26. The van der Waals surface area contributed by atoms with E-state index < -0.39 is 26.2 Å². The number of nitrogens with one attached hydrogen (secondary N) is 2. The summed E-state index contributed by atoms with van der Waals surface area (Å²) in [6.45, 7) is 1.85. The number of nitrogens with zero attached hydrogens (tertiary/aromatic N) is 1. The number of sulfonamides is 2. The van der Waals surface area contributed by atoms with E-state index in [-0.39, 0.29) is 28.4 Å². The van der Waals surface area contributed by atoms with Gasteiger partial charge < -0.3 is 19.9 Å². The van der Waals surface area contributed by atoms with Crippen LogP contribution in [0.15, 0.2) is 29.2 Å². The highest BCUT2D eigenvalue weighted by Gasteiger charge is 2.45. The second-order valence-electron chi connectivity index (χ2n) is 10.2. The molecule has 1 aliphatic carbocycles. The number of ether oxygens (including phenoxy) is 2. The minimum absolute atomic E-state index is 0.0166. The molecule has 12 heteroatoms. The van der Waals surface area contributed by atoms with Crippen LogP contribution < -0.4 is 14.8 Å². The number of benzene rings is 1. The lowest BCUT2D eigenvalue weighted by molar-refractivity contribution is -0.0313. The highest BCUT2D eigenvalue weighted by atomic mass is 32.2. The Balaban J connectivity index is 1.20. The van der Waals surface area contributed by atoms with Crippen LogP contribution in [0.5, 0.6) is 5.75 Å². The fourth-order valence-electron chi connectivity index (χ4n) is 5.45. The van der Waals surface area contributed by atoms with Gasteiger partial charge in [-0.1, -0.05) is 25.3 Å². The third-order valence-corrected chi connectivity index (χ3v) is 11.5. The van der Waals surface area contributed by atoms with Gasteiger partial charge in [0.1, 0.15) is 18.5 Å². The monoisotopic (exact) mass is 545 g/mol. The number of aliphatic hydroxyl groups excluding tert-OH is 1. The molecule has 2 aliphatic heterocycles. The quantitative estimate of drug-likeness (QED) is 0.400. The zero-order chi connectivity index (χ0) is 25.8. The lowest BCUT2D eigenvalue weighted by atomic mass is 9.88. The van der Waals surface area contributed by atoms with Crippen LogP contribution in [0.25, 0.3) is 0 Å². The molecule has 10 nitrogen and oxygen atoms in total. The molecule has 0 radical (unpaired) electrons. The summed E-state index contributed by atoms with van der Waals surface area (Å²) in [5.74, 6) is 0.364. The first kappa shape index (κ1) is 27.7. The lowest BCUT2D eigenvalue weighted by Gasteiger charge is -2.39. The molecule has 204 valence electrons. The zero-order valence-corrected chi connectivity index (χ0v) is 22.5. The Labute approximate surface area is 214 Å². The van der Waals surface area contributed by atoms with Crippen LogP contribution in [0.2, 0.25) is 0 Å². The van der Waals surface area contributed by atoms with E-state index in [9.17, 15) is 21.9 Å². The Morgan fingerprint density at radius 2 is 1.89 bits per heavy atom. The van der Waals surface area contributed by atoms with Crippen molar-refractivity contribution in [3.63, 3.8) is 0 Å². The van der Waals surface area contributed by atoms with E-state index in [4.69, 9.17) is 9.47 Å². The molecule has 1 saturated carbocycles. The van der Waals surface area contributed by atoms with Gasteiger partial charge in [-0.3, -0.25) is 0 Å². The summed E-state index contributed by atoms with van der Waals surface area (Å²) >= 11 is 0. The summed E-state index contributed by atoms with van der Waals surface area (Å²) in [6, 6.07) is 6.20. The molecule has 2 heterocycles. The van der Waals surface area contributed by atoms with Crippen molar-refractivity contribution in [1.29, 1.82) is 0 Å². The SMILES string of the molecule is CNS(=O)(=O)c1cccc(OC[C@@H](O)CNC2COC3(CCN(S(=O)(=O)C4CCCCC4)CC3)C2)c1. The van der Waals surface area contributed by atoms with Gasteiger partial charge in [0.15, 0.2) is 0 Å². The van der Waals surface area contributed by atoms with Crippen molar-refractivity contribution in [3.8, 4) is 5.75 Å². The second kappa shape index (κ2) is 11.6. The number of hydrogen-bond acceptors (Lipinski definition) is 8. The van der Waals surface area contributed by atoms with Crippen molar-refractivity contribution in [2.24, 2.45) is 0 Å². The molecule has 0 amide bonds. The Kier molecular flexibility index (Phi) is 8.96. The van der Waals surface area contributed by atoms with Crippen molar-refractivity contribution in [1.82, 2.24) is 14.3 Å². The third-order valence-electron chi connectivity index (χ3n) is 7.65. The van der Waals surface area contributed by atoms with Gasteiger partial charge in [-0.25, -0.2) is 25.9 Å². The van der Waals surface area contributed by atoms with Gasteiger partial charge in [0.05, 0.1) is 22.4 Å². The smallest absolute Gasteiger partial charge is 0.240 e. The topological polar surface area (TPSA) is 134 Å². The maximum Gasteiger partial charge on any atom is 0.240 e. The van der Waals surface area contributed by atoms with Gasteiger partial charge in [-0.2, -0.15) is 0 Å². The van der Waals surface area contributed by atoms with Gasteiger partial charge >= 0.3 is 0 Å². The normalized spacial score (nSPS) is 24.7. The average molecular weight is 546 g/mol. The Morgan fingerprint density at radius 3 is 2.58 bits per heavy atom. The summed E-state index contributed by atoms with van der Waals surface area (Å²) in [6.07, 6.45) is 6.06. The highest BCUT2D eigenvalue weighted by molar-refractivity contribution is 7.89. The van der Waals surface area contributed by atoms with Crippen LogP contribution >= 0.6 is 0 Å². The van der Waals surface area contributed by atoms with Crippen LogP contribution in [0.3, 0.4) is 0 Å². The first-order valence-corrected chi connectivity index (χ1v) is 15.8. The number of piperidine rings is 1. The van der Waals surface area contributed by atoms with Crippen molar-refractivity contribution in [2.45, 2.75) is 79.3 Å². The average Bonchev–Trinajstić information content (AvgIpc) is 3.29. The number of hydrogen-bond donors (Lipinski definition) is 3. The fraction of sp³-hybridized carbons (Fsp3) is 0.750. The minimum atomic E-state index is -3.57. The molecule has 0 bridgehead atoms. The summed E-state index contributed by atoms with van der Waals surface area (Å²) in [5.41, 5.74) is -0.309. The number of rotatable bonds is 10. The van der Waals surface area contributed by atoms with E-state index >= 15 is 0 Å². The molecule has 1 spiro atoms. The Morgan fingerprint density at radius 1 is 1.17 bits per heavy atom. The standard InChI is InChI=1S/C24H39N3O7S2/c1-25-35(29,30)23-9-5-6-21(14-23)33-18-20(28)16-26-19-15-24(34-17-19)10-12-27(13-11-24)36(31,32)22-7-3-2-4-8-22/h5-6,9,14,19-20,22,25-26,28H,2-4,7-8,10-13,15-18H2,1H3/t19?,20-/m0/s1. The summed E-state index contributed by atoms with van der Waals surface area (Å²) in [7, 11) is -5.45. The molecule has 36 heavy (non-hydrogen) atoms. The summed E-state index contributed by atoms with van der Waals surface area (Å²) in [4.78, 5) is 0.0982. The first-order chi connectivity index (χ1) is 17.1. The van der Waals surface area contributed by atoms with Crippen LogP contribution in [-0.4, -0.2) is 89.1 Å². The molecule has 1 aromatic rings. The molecule has 3 aliphatic rings. The predicted octanol–water partition coefficient (Wildman–Crippen LogP) is 1.21. The van der Waals surface area contributed by atoms with E-state index in [0.29, 0.717) is 44.8 Å². The van der Waals surface area contributed by atoms with E-state index in [2.05, 4.69) is 10.0 Å². The molecule has 3 N–H and O–H groups in total. The molecule has 3 fully saturated rings. The molecular formula is C24H39N3O7S2. The minimum Gasteiger partial charge on any atom is -0.491 e. The maximum atomic E-state index is 13.0. The van der Waals surface area contributed by atoms with Crippen LogP contribution in [0.1, 0.15) is 51.4 Å². The molecule has 4 rings (SSSR count). The lowest BCUT2D eigenvalue weighted by Crippen LogP contribution is -2.49. The Hall–Kier alpha value is -1.28. The maximum absolute atomic E-state index is 13.0. The molecular weight excluding hydrogens is 506 g/mol. The van der Waals surface area contributed by atoms with Crippen molar-refractivity contribution in [2.75, 3.05) is 39.9 Å². The van der Waals surface area contributed by atoms with E-state index in [1.54, 1.807) is 16.4 Å². The van der Waals surface area contributed by atoms with E-state index in [0.717, 1.165) is 38.5 Å². The first-order valence-electron chi connectivity index (χ1n) is 12.8. The highest BCUT2D eigenvalue weighted by Crippen LogP contribution is 2.38. The second-order valence-corrected chi connectivity index (χ2v) is 14.3. The van der Waals surface area contributed by atoms with Gasteiger partial charge in [0.25, 0.3) is 0 Å². The number of aliphatic hydroxyl groups is 1.